The molecule has 0 saturated carbocycles. The number of carboxylic acid groups (broad SMARTS) is 1. The van der Waals surface area contributed by atoms with Crippen molar-refractivity contribution >= 4 is 5.97 Å². The number of hydrogen-bond acceptors (Lipinski definition) is 2. The van der Waals surface area contributed by atoms with Gasteiger partial charge in [0, 0.05) is 4.91 Å². The van der Waals surface area contributed by atoms with Crippen LogP contribution in [0.5, 0.6) is 0 Å². The second-order valence-corrected chi connectivity index (χ2v) is 2.39. The lowest BCUT2D eigenvalue weighted by molar-refractivity contribution is 0.0697. The first kappa shape index (κ1) is 9.09. The average Bonchev–Trinajstić information content (AvgIpc) is 2.15. The summed E-state index contributed by atoms with van der Waals surface area (Å²) in [5.41, 5.74) is 9.06. The Morgan fingerprint density at radius 1 is 1.46 bits per heavy atom. The van der Waals surface area contributed by atoms with E-state index < -0.39 is 5.97 Å². The largest absolute Gasteiger partial charge is 0.478 e. The van der Waals surface area contributed by atoms with Gasteiger partial charge in [-0.05, 0) is 23.2 Å². The van der Waals surface area contributed by atoms with E-state index in [1.807, 2.05) is 0 Å². The van der Waals surface area contributed by atoms with Gasteiger partial charge in [-0.2, -0.15) is 0 Å². The Labute approximate surface area is 74.3 Å². The minimum absolute atomic E-state index is 0.227. The fourth-order valence-electron chi connectivity index (χ4n) is 0.866. The predicted octanol–water partition coefficient (Wildman–Crippen LogP) is 2.20. The zero-order valence-corrected chi connectivity index (χ0v) is 6.71. The minimum Gasteiger partial charge on any atom is -0.478 e. The van der Waals surface area contributed by atoms with E-state index >= 15 is 0 Å². The summed E-state index contributed by atoms with van der Waals surface area (Å²) in [5.74, 6) is -0.963. The maximum Gasteiger partial charge on any atom is 0.335 e. The van der Waals surface area contributed by atoms with E-state index in [4.69, 9.17) is 10.6 Å². The van der Waals surface area contributed by atoms with Crippen molar-refractivity contribution in [3.05, 3.63) is 45.8 Å². The van der Waals surface area contributed by atoms with Gasteiger partial charge >= 0.3 is 5.97 Å². The first-order valence-corrected chi connectivity index (χ1v) is 3.57. The van der Waals surface area contributed by atoms with E-state index in [1.165, 1.54) is 12.1 Å². The quantitative estimate of drug-likeness (QED) is 0.435. The topological polar surface area (TPSA) is 86.1 Å². The fraction of sp³-hybridized carbons (Fsp3) is 0.125. The van der Waals surface area contributed by atoms with Gasteiger partial charge in [0.2, 0.25) is 0 Å². The van der Waals surface area contributed by atoms with Gasteiger partial charge in [-0.25, -0.2) is 4.79 Å². The molecule has 0 bridgehead atoms. The van der Waals surface area contributed by atoms with E-state index in [1.54, 1.807) is 12.1 Å². The minimum atomic E-state index is -0.963. The van der Waals surface area contributed by atoms with Crippen molar-refractivity contribution in [2.24, 2.45) is 5.11 Å². The highest BCUT2D eigenvalue weighted by molar-refractivity contribution is 5.87. The van der Waals surface area contributed by atoms with E-state index in [0.29, 0.717) is 0 Å². The Kier molecular flexibility index (Phi) is 2.89. The molecule has 0 fully saturated rings. The molecule has 1 aromatic rings. The summed E-state index contributed by atoms with van der Waals surface area (Å²) in [6.45, 7) is 0.246. The van der Waals surface area contributed by atoms with Gasteiger partial charge in [0.05, 0.1) is 12.1 Å². The third-order valence-corrected chi connectivity index (χ3v) is 1.52. The molecule has 0 aliphatic heterocycles. The summed E-state index contributed by atoms with van der Waals surface area (Å²) >= 11 is 0. The number of azide groups is 1. The van der Waals surface area contributed by atoms with Crippen molar-refractivity contribution in [2.45, 2.75) is 6.54 Å². The van der Waals surface area contributed by atoms with Crippen LogP contribution in [0.1, 0.15) is 15.9 Å². The van der Waals surface area contributed by atoms with Crippen LogP contribution in [-0.2, 0) is 6.54 Å². The third-order valence-electron chi connectivity index (χ3n) is 1.52. The number of carbonyl (C=O) groups is 1. The number of rotatable bonds is 3. The molecule has 0 amide bonds. The van der Waals surface area contributed by atoms with Crippen LogP contribution in [0.4, 0.5) is 0 Å². The third kappa shape index (κ3) is 2.50. The number of benzene rings is 1. The van der Waals surface area contributed by atoms with Crippen LogP contribution in [0.15, 0.2) is 29.4 Å². The molecule has 0 atom stereocenters. The standard InChI is InChI=1S/C8H7N3O2/c9-11-10-5-6-1-3-7(4-2-6)8(12)13/h1-4H,5H2,(H,12,13). The highest BCUT2D eigenvalue weighted by Gasteiger charge is 2.00. The average molecular weight is 177 g/mol. The van der Waals surface area contributed by atoms with E-state index in [2.05, 4.69) is 10.0 Å². The molecular weight excluding hydrogens is 170 g/mol. The second-order valence-electron chi connectivity index (χ2n) is 2.39. The van der Waals surface area contributed by atoms with Crippen LogP contribution in [0.25, 0.3) is 10.4 Å². The smallest absolute Gasteiger partial charge is 0.335 e. The van der Waals surface area contributed by atoms with Crippen LogP contribution >= 0.6 is 0 Å². The van der Waals surface area contributed by atoms with Gasteiger partial charge < -0.3 is 5.11 Å². The number of carboxylic acids is 1. The maximum atomic E-state index is 10.4. The van der Waals surface area contributed by atoms with Gasteiger partial charge in [-0.15, -0.1) is 0 Å². The molecule has 0 radical (unpaired) electrons. The van der Waals surface area contributed by atoms with Crippen LogP contribution in [0, 0.1) is 0 Å². The molecular formula is C8H7N3O2. The van der Waals surface area contributed by atoms with Crippen molar-refractivity contribution < 1.29 is 9.90 Å². The van der Waals surface area contributed by atoms with E-state index in [-0.39, 0.29) is 12.1 Å². The van der Waals surface area contributed by atoms with E-state index in [9.17, 15) is 4.79 Å². The van der Waals surface area contributed by atoms with Crippen LogP contribution in [-0.4, -0.2) is 11.1 Å². The Morgan fingerprint density at radius 3 is 2.54 bits per heavy atom. The molecule has 1 N–H and O–H groups in total. The highest BCUT2D eigenvalue weighted by atomic mass is 16.4. The Balaban J connectivity index is 2.80. The summed E-state index contributed by atoms with van der Waals surface area (Å²) < 4.78 is 0. The normalized spacial score (nSPS) is 8.92. The van der Waals surface area contributed by atoms with Crippen molar-refractivity contribution in [3.8, 4) is 0 Å². The van der Waals surface area contributed by atoms with Crippen LogP contribution in [0.2, 0.25) is 0 Å². The van der Waals surface area contributed by atoms with Gasteiger partial charge in [-0.3, -0.25) is 0 Å². The molecule has 0 heterocycles. The summed E-state index contributed by atoms with van der Waals surface area (Å²) in [7, 11) is 0. The second kappa shape index (κ2) is 4.13. The van der Waals surface area contributed by atoms with Crippen molar-refractivity contribution in [3.63, 3.8) is 0 Å². The first-order chi connectivity index (χ1) is 6.24. The molecule has 5 nitrogen and oxygen atoms in total. The highest BCUT2D eigenvalue weighted by Crippen LogP contribution is 2.05. The van der Waals surface area contributed by atoms with Crippen LogP contribution in [0.3, 0.4) is 0 Å². The number of aromatic carboxylic acids is 1. The molecule has 1 aromatic carbocycles. The number of hydrogen-bond donors (Lipinski definition) is 1. The van der Waals surface area contributed by atoms with Crippen LogP contribution < -0.4 is 0 Å². The molecule has 66 valence electrons. The Hall–Kier alpha value is -2.00. The summed E-state index contributed by atoms with van der Waals surface area (Å²) in [5, 5.41) is 11.9. The zero-order valence-electron chi connectivity index (χ0n) is 6.71. The lowest BCUT2D eigenvalue weighted by Crippen LogP contribution is -1.95. The van der Waals surface area contributed by atoms with Gasteiger partial charge in [0.25, 0.3) is 0 Å². The van der Waals surface area contributed by atoms with E-state index in [0.717, 1.165) is 5.56 Å². The monoisotopic (exact) mass is 177 g/mol. The fourth-order valence-corrected chi connectivity index (χ4v) is 0.866. The van der Waals surface area contributed by atoms with Crippen molar-refractivity contribution in [2.75, 3.05) is 0 Å². The lowest BCUT2D eigenvalue weighted by Gasteiger charge is -1.96. The van der Waals surface area contributed by atoms with Gasteiger partial charge in [-0.1, -0.05) is 17.2 Å². The molecule has 0 saturated heterocycles. The number of nitrogens with zero attached hydrogens (tertiary/aromatic N) is 3. The van der Waals surface area contributed by atoms with Crippen molar-refractivity contribution in [1.29, 1.82) is 0 Å². The molecule has 5 heteroatoms. The molecule has 0 unspecified atom stereocenters. The SMILES string of the molecule is [N-]=[N+]=NCc1ccc(C(=O)O)cc1. The molecule has 0 aromatic heterocycles. The zero-order chi connectivity index (χ0) is 9.68. The first-order valence-electron chi connectivity index (χ1n) is 3.57. The summed E-state index contributed by atoms with van der Waals surface area (Å²) in [6, 6.07) is 6.20. The lowest BCUT2D eigenvalue weighted by atomic mass is 10.1. The molecule has 13 heavy (non-hydrogen) atoms. The Bertz CT molecular complexity index is 352. The summed E-state index contributed by atoms with van der Waals surface area (Å²) in [6.07, 6.45) is 0. The molecule has 0 aliphatic rings. The Morgan fingerprint density at radius 2 is 2.08 bits per heavy atom. The van der Waals surface area contributed by atoms with Gasteiger partial charge in [0.1, 0.15) is 0 Å². The predicted molar refractivity (Wildman–Crippen MR) is 46.3 cm³/mol. The maximum absolute atomic E-state index is 10.4. The molecule has 0 aliphatic carbocycles. The van der Waals surface area contributed by atoms with Crippen molar-refractivity contribution in [1.82, 2.24) is 0 Å². The van der Waals surface area contributed by atoms with Gasteiger partial charge in [0.15, 0.2) is 0 Å². The molecule has 0 spiro atoms. The summed E-state index contributed by atoms with van der Waals surface area (Å²) in [4.78, 5) is 13.0. The molecule has 1 rings (SSSR count).